The molecule has 0 radical (unpaired) electrons. The lowest BCUT2D eigenvalue weighted by atomic mass is 9.88. The molecule has 0 aromatic heterocycles. The zero-order valence-corrected chi connectivity index (χ0v) is 8.22. The van der Waals surface area contributed by atoms with Crippen LogP contribution in [0.3, 0.4) is 0 Å². The topological polar surface area (TPSA) is 23.8 Å². The van der Waals surface area contributed by atoms with Gasteiger partial charge in [-0.05, 0) is 38.0 Å². The second-order valence-corrected chi connectivity index (χ2v) is 4.00. The van der Waals surface area contributed by atoms with Gasteiger partial charge in [-0.25, -0.2) is 0 Å². The summed E-state index contributed by atoms with van der Waals surface area (Å²) in [6.07, 6.45) is 3.71. The number of hydrogen-bond acceptors (Lipinski definition) is 1. The maximum atomic E-state index is 8.79. The van der Waals surface area contributed by atoms with E-state index in [1.807, 2.05) is 6.92 Å². The highest BCUT2D eigenvalue weighted by Crippen LogP contribution is 2.37. The zero-order chi connectivity index (χ0) is 9.14. The van der Waals surface area contributed by atoms with Crippen LogP contribution in [0.5, 0.6) is 0 Å². The fourth-order valence-corrected chi connectivity index (χ4v) is 2.15. The van der Waals surface area contributed by atoms with Gasteiger partial charge in [0.15, 0.2) is 0 Å². The first-order valence-electron chi connectivity index (χ1n) is 4.76. The standard InChI is InChI=1S/C11H17N/c1-8(2)10-5-4-6-11(10)9(3)7-12/h8,10H,4-6H2,1-3H3. The van der Waals surface area contributed by atoms with Crippen LogP contribution >= 0.6 is 0 Å². The summed E-state index contributed by atoms with van der Waals surface area (Å²) in [6, 6.07) is 2.27. The van der Waals surface area contributed by atoms with Gasteiger partial charge in [0.05, 0.1) is 6.07 Å². The first-order chi connectivity index (χ1) is 5.66. The Balaban J connectivity index is 2.85. The fraction of sp³-hybridized carbons (Fsp3) is 0.727. The van der Waals surface area contributed by atoms with Crippen molar-refractivity contribution in [1.29, 1.82) is 5.26 Å². The highest BCUT2D eigenvalue weighted by atomic mass is 14.3. The Bertz CT molecular complexity index is 230. The lowest BCUT2D eigenvalue weighted by molar-refractivity contribution is 0.451. The van der Waals surface area contributed by atoms with Crippen molar-refractivity contribution in [1.82, 2.24) is 0 Å². The molecular formula is C11H17N. The lowest BCUT2D eigenvalue weighted by Gasteiger charge is -2.16. The van der Waals surface area contributed by atoms with Crippen LogP contribution in [-0.4, -0.2) is 0 Å². The maximum Gasteiger partial charge on any atom is 0.0943 e. The van der Waals surface area contributed by atoms with E-state index in [0.717, 1.165) is 12.0 Å². The minimum absolute atomic E-state index is 0.685. The molecule has 1 aliphatic carbocycles. The highest BCUT2D eigenvalue weighted by Gasteiger charge is 2.25. The maximum absolute atomic E-state index is 8.79. The summed E-state index contributed by atoms with van der Waals surface area (Å²) in [5, 5.41) is 8.79. The third-order valence-electron chi connectivity index (χ3n) is 2.86. The molecule has 1 unspecified atom stereocenters. The normalized spacial score (nSPS) is 27.4. The van der Waals surface area contributed by atoms with Crippen LogP contribution in [0.25, 0.3) is 0 Å². The summed E-state index contributed by atoms with van der Waals surface area (Å²) in [7, 11) is 0. The molecule has 1 atom stereocenters. The molecular weight excluding hydrogens is 146 g/mol. The van der Waals surface area contributed by atoms with Crippen molar-refractivity contribution in [3.8, 4) is 6.07 Å². The van der Waals surface area contributed by atoms with E-state index >= 15 is 0 Å². The SMILES string of the molecule is CC(C#N)=C1CCCC1C(C)C. The third kappa shape index (κ3) is 1.69. The summed E-state index contributed by atoms with van der Waals surface area (Å²) in [5.41, 5.74) is 2.39. The van der Waals surface area contributed by atoms with Crippen molar-refractivity contribution in [2.24, 2.45) is 11.8 Å². The molecule has 1 nitrogen and oxygen atoms in total. The molecule has 0 amide bonds. The second kappa shape index (κ2) is 3.76. The van der Waals surface area contributed by atoms with Crippen LogP contribution in [0.1, 0.15) is 40.0 Å². The number of nitrogens with zero attached hydrogens (tertiary/aromatic N) is 1. The Morgan fingerprint density at radius 2 is 2.25 bits per heavy atom. The van der Waals surface area contributed by atoms with Gasteiger partial charge >= 0.3 is 0 Å². The zero-order valence-electron chi connectivity index (χ0n) is 8.22. The van der Waals surface area contributed by atoms with E-state index < -0.39 is 0 Å². The molecule has 1 fully saturated rings. The summed E-state index contributed by atoms with van der Waals surface area (Å²) in [4.78, 5) is 0. The van der Waals surface area contributed by atoms with Gasteiger partial charge in [-0.15, -0.1) is 0 Å². The largest absolute Gasteiger partial charge is 0.193 e. The predicted octanol–water partition coefficient (Wildman–Crippen LogP) is 3.28. The van der Waals surface area contributed by atoms with E-state index in [1.165, 1.54) is 18.4 Å². The molecule has 0 heterocycles. The summed E-state index contributed by atoms with van der Waals surface area (Å²) >= 11 is 0. The smallest absolute Gasteiger partial charge is 0.0943 e. The molecule has 0 aliphatic heterocycles. The van der Waals surface area contributed by atoms with Gasteiger partial charge in [-0.1, -0.05) is 19.4 Å². The van der Waals surface area contributed by atoms with Crippen molar-refractivity contribution >= 4 is 0 Å². The van der Waals surface area contributed by atoms with E-state index in [0.29, 0.717) is 11.8 Å². The van der Waals surface area contributed by atoms with Gasteiger partial charge in [-0.3, -0.25) is 0 Å². The van der Waals surface area contributed by atoms with E-state index in [9.17, 15) is 0 Å². The van der Waals surface area contributed by atoms with Crippen LogP contribution in [0.2, 0.25) is 0 Å². The minimum Gasteiger partial charge on any atom is -0.193 e. The van der Waals surface area contributed by atoms with Crippen molar-refractivity contribution in [2.75, 3.05) is 0 Å². The van der Waals surface area contributed by atoms with Gasteiger partial charge in [-0.2, -0.15) is 5.26 Å². The Labute approximate surface area is 75.1 Å². The van der Waals surface area contributed by atoms with Crippen LogP contribution < -0.4 is 0 Å². The summed E-state index contributed by atoms with van der Waals surface area (Å²) in [5.74, 6) is 1.38. The Morgan fingerprint density at radius 1 is 1.58 bits per heavy atom. The highest BCUT2D eigenvalue weighted by molar-refractivity contribution is 5.29. The molecule has 1 rings (SSSR count). The van der Waals surface area contributed by atoms with Gasteiger partial charge in [0.25, 0.3) is 0 Å². The number of allylic oxidation sites excluding steroid dienone is 2. The van der Waals surface area contributed by atoms with E-state index in [1.54, 1.807) is 0 Å². The predicted molar refractivity (Wildman–Crippen MR) is 50.5 cm³/mol. The number of nitriles is 1. The molecule has 0 aromatic carbocycles. The first-order valence-corrected chi connectivity index (χ1v) is 4.76. The second-order valence-electron chi connectivity index (χ2n) is 4.00. The van der Waals surface area contributed by atoms with E-state index in [4.69, 9.17) is 5.26 Å². The molecule has 66 valence electrons. The van der Waals surface area contributed by atoms with Crippen LogP contribution in [0, 0.1) is 23.2 Å². The van der Waals surface area contributed by atoms with Crippen LogP contribution in [0.15, 0.2) is 11.1 Å². The van der Waals surface area contributed by atoms with Gasteiger partial charge in [0, 0.05) is 5.57 Å². The Kier molecular flexibility index (Phi) is 2.92. The van der Waals surface area contributed by atoms with Gasteiger partial charge < -0.3 is 0 Å². The van der Waals surface area contributed by atoms with Crippen LogP contribution in [0.4, 0.5) is 0 Å². The van der Waals surface area contributed by atoms with E-state index in [-0.39, 0.29) is 0 Å². The quantitative estimate of drug-likeness (QED) is 0.544. The first kappa shape index (κ1) is 9.32. The number of hydrogen-bond donors (Lipinski definition) is 0. The Hall–Kier alpha value is -0.770. The molecule has 1 saturated carbocycles. The molecule has 0 saturated heterocycles. The average Bonchev–Trinajstić information content (AvgIpc) is 2.50. The molecule has 0 aromatic rings. The summed E-state index contributed by atoms with van der Waals surface area (Å²) < 4.78 is 0. The molecule has 0 N–H and O–H groups in total. The molecule has 0 spiro atoms. The monoisotopic (exact) mass is 163 g/mol. The van der Waals surface area contributed by atoms with Crippen molar-refractivity contribution in [3.05, 3.63) is 11.1 Å². The lowest BCUT2D eigenvalue weighted by Crippen LogP contribution is -2.06. The average molecular weight is 163 g/mol. The third-order valence-corrected chi connectivity index (χ3v) is 2.86. The molecule has 0 bridgehead atoms. The van der Waals surface area contributed by atoms with Crippen molar-refractivity contribution < 1.29 is 0 Å². The van der Waals surface area contributed by atoms with Gasteiger partial charge in [0.1, 0.15) is 0 Å². The van der Waals surface area contributed by atoms with E-state index in [2.05, 4.69) is 19.9 Å². The van der Waals surface area contributed by atoms with Crippen molar-refractivity contribution in [2.45, 2.75) is 40.0 Å². The molecule has 1 heteroatoms. The van der Waals surface area contributed by atoms with Crippen molar-refractivity contribution in [3.63, 3.8) is 0 Å². The van der Waals surface area contributed by atoms with Gasteiger partial charge in [0.2, 0.25) is 0 Å². The fourth-order valence-electron chi connectivity index (χ4n) is 2.15. The number of rotatable bonds is 1. The van der Waals surface area contributed by atoms with Crippen LogP contribution in [-0.2, 0) is 0 Å². The molecule has 12 heavy (non-hydrogen) atoms. The summed E-state index contributed by atoms with van der Waals surface area (Å²) in [6.45, 7) is 6.46. The molecule has 1 aliphatic rings. The Morgan fingerprint density at radius 3 is 2.75 bits per heavy atom. The minimum atomic E-state index is 0.685.